The molecule has 0 spiro atoms. The van der Waals surface area contributed by atoms with Crippen molar-refractivity contribution in [3.05, 3.63) is 35.9 Å². The first-order chi connectivity index (χ1) is 10.5. The van der Waals surface area contributed by atoms with Crippen LogP contribution in [0.1, 0.15) is 31.4 Å². The molecule has 0 radical (unpaired) electrons. The van der Waals surface area contributed by atoms with Crippen LogP contribution in [-0.4, -0.2) is 49.9 Å². The van der Waals surface area contributed by atoms with Crippen molar-refractivity contribution in [2.24, 2.45) is 5.92 Å². The second-order valence-corrected chi connectivity index (χ2v) is 7.98. The monoisotopic (exact) mass is 327 g/mol. The number of nitrogens with zero attached hydrogens (tertiary/aromatic N) is 1. The van der Waals surface area contributed by atoms with Crippen molar-refractivity contribution in [3.63, 3.8) is 0 Å². The van der Waals surface area contributed by atoms with Gasteiger partial charge >= 0.3 is 0 Å². The number of hydrogen-bond donors (Lipinski definition) is 1. The molecule has 1 saturated heterocycles. The van der Waals surface area contributed by atoms with Gasteiger partial charge < -0.3 is 9.84 Å². The Hall–Kier alpha value is -0.950. The van der Waals surface area contributed by atoms with Gasteiger partial charge in [-0.1, -0.05) is 37.3 Å². The molecule has 22 heavy (non-hydrogen) atoms. The van der Waals surface area contributed by atoms with Crippen LogP contribution in [0.25, 0.3) is 0 Å². The molecule has 0 saturated carbocycles. The van der Waals surface area contributed by atoms with E-state index in [4.69, 9.17) is 4.74 Å². The molecule has 1 fully saturated rings. The van der Waals surface area contributed by atoms with Crippen molar-refractivity contribution in [2.75, 3.05) is 26.0 Å². The number of hydrogen-bond acceptors (Lipinski definition) is 4. The molecule has 2 rings (SSSR count). The van der Waals surface area contributed by atoms with E-state index in [1.165, 1.54) is 4.31 Å². The number of sulfonamides is 1. The molecule has 1 heterocycles. The highest BCUT2D eigenvalue weighted by Crippen LogP contribution is 2.32. The van der Waals surface area contributed by atoms with Gasteiger partial charge in [0, 0.05) is 20.3 Å². The van der Waals surface area contributed by atoms with E-state index in [-0.39, 0.29) is 17.7 Å². The van der Waals surface area contributed by atoms with Gasteiger partial charge in [0.05, 0.1) is 17.9 Å². The van der Waals surface area contributed by atoms with Crippen molar-refractivity contribution < 1.29 is 18.3 Å². The maximum absolute atomic E-state index is 12.6. The lowest BCUT2D eigenvalue weighted by Crippen LogP contribution is -2.41. The molecule has 1 aliphatic rings. The Kier molecular flexibility index (Phi) is 5.97. The van der Waals surface area contributed by atoms with E-state index >= 15 is 0 Å². The van der Waals surface area contributed by atoms with Gasteiger partial charge in [-0.2, -0.15) is 4.31 Å². The van der Waals surface area contributed by atoms with Crippen LogP contribution in [-0.2, 0) is 14.8 Å². The molecule has 0 aromatic heterocycles. The van der Waals surface area contributed by atoms with Gasteiger partial charge in [-0.3, -0.25) is 0 Å². The van der Waals surface area contributed by atoms with E-state index in [9.17, 15) is 13.5 Å². The molecule has 1 aliphatic heterocycles. The summed E-state index contributed by atoms with van der Waals surface area (Å²) in [7, 11) is -1.82. The maximum atomic E-state index is 12.6. The molecule has 6 heteroatoms. The van der Waals surface area contributed by atoms with Crippen molar-refractivity contribution in [1.29, 1.82) is 0 Å². The molecule has 0 bridgehead atoms. The normalized spacial score (nSPS) is 22.6. The van der Waals surface area contributed by atoms with Crippen LogP contribution in [0.4, 0.5) is 0 Å². The lowest BCUT2D eigenvalue weighted by atomic mass is 10.0. The number of ether oxygens (including phenoxy) is 1. The number of aliphatic hydroxyl groups excluding tert-OH is 1. The smallest absolute Gasteiger partial charge is 0.214 e. The largest absolute Gasteiger partial charge is 0.387 e. The van der Waals surface area contributed by atoms with Crippen LogP contribution in [0.5, 0.6) is 0 Å². The predicted molar refractivity (Wildman–Crippen MR) is 86.0 cm³/mol. The Morgan fingerprint density at radius 1 is 1.36 bits per heavy atom. The lowest BCUT2D eigenvalue weighted by Gasteiger charge is -2.29. The zero-order chi connectivity index (χ0) is 16.2. The van der Waals surface area contributed by atoms with Crippen LogP contribution in [0, 0.1) is 5.92 Å². The Labute approximate surface area is 133 Å². The van der Waals surface area contributed by atoms with Gasteiger partial charge in [-0.15, -0.1) is 0 Å². The SMILES string of the molecule is COCC(C)CS(=O)(=O)N1CCCC1C(O)c1ccccc1. The molecule has 0 amide bonds. The second-order valence-electron chi connectivity index (χ2n) is 6.01. The van der Waals surface area contributed by atoms with Gasteiger partial charge in [0.25, 0.3) is 0 Å². The van der Waals surface area contributed by atoms with Crippen LogP contribution in [0.2, 0.25) is 0 Å². The molecule has 3 atom stereocenters. The summed E-state index contributed by atoms with van der Waals surface area (Å²) in [5, 5.41) is 10.6. The van der Waals surface area contributed by atoms with Crippen LogP contribution in [0.15, 0.2) is 30.3 Å². The lowest BCUT2D eigenvalue weighted by molar-refractivity contribution is 0.106. The van der Waals surface area contributed by atoms with Crippen LogP contribution < -0.4 is 0 Å². The fourth-order valence-electron chi connectivity index (χ4n) is 3.09. The summed E-state index contributed by atoms with van der Waals surface area (Å²) in [6, 6.07) is 8.89. The van der Waals surface area contributed by atoms with E-state index in [1.54, 1.807) is 7.11 Å². The summed E-state index contributed by atoms with van der Waals surface area (Å²) in [4.78, 5) is 0. The molecular formula is C16H25NO4S. The Balaban J connectivity index is 2.13. The average Bonchev–Trinajstić information content (AvgIpc) is 2.97. The molecule has 1 aromatic rings. The van der Waals surface area contributed by atoms with Crippen LogP contribution >= 0.6 is 0 Å². The van der Waals surface area contributed by atoms with E-state index in [1.807, 2.05) is 37.3 Å². The first-order valence-electron chi connectivity index (χ1n) is 7.67. The molecule has 124 valence electrons. The van der Waals surface area contributed by atoms with E-state index in [0.717, 1.165) is 12.0 Å². The molecular weight excluding hydrogens is 302 g/mol. The second kappa shape index (κ2) is 7.55. The standard InChI is InChI=1S/C16H25NO4S/c1-13(11-21-2)12-22(19,20)17-10-6-9-15(17)16(18)14-7-4-3-5-8-14/h3-5,7-8,13,15-16,18H,6,9-12H2,1-2H3. The van der Waals surface area contributed by atoms with Crippen molar-refractivity contribution >= 4 is 10.0 Å². The quantitative estimate of drug-likeness (QED) is 0.829. The third-order valence-corrected chi connectivity index (χ3v) is 6.22. The Morgan fingerprint density at radius 2 is 2.05 bits per heavy atom. The van der Waals surface area contributed by atoms with Gasteiger partial charge in [-0.05, 0) is 24.3 Å². The summed E-state index contributed by atoms with van der Waals surface area (Å²) in [5.41, 5.74) is 0.763. The zero-order valence-electron chi connectivity index (χ0n) is 13.2. The molecule has 5 nitrogen and oxygen atoms in total. The minimum Gasteiger partial charge on any atom is -0.387 e. The van der Waals surface area contributed by atoms with E-state index in [0.29, 0.717) is 19.6 Å². The first kappa shape index (κ1) is 17.4. The van der Waals surface area contributed by atoms with Crippen LogP contribution in [0.3, 0.4) is 0 Å². The summed E-state index contributed by atoms with van der Waals surface area (Å²) in [6.45, 7) is 2.76. The average molecular weight is 327 g/mol. The van der Waals surface area contributed by atoms with Gasteiger partial charge in [-0.25, -0.2) is 8.42 Å². The zero-order valence-corrected chi connectivity index (χ0v) is 14.0. The predicted octanol–water partition coefficient (Wildman–Crippen LogP) is 1.80. The molecule has 0 aliphatic carbocycles. The minimum atomic E-state index is -3.39. The summed E-state index contributed by atoms with van der Waals surface area (Å²) < 4.78 is 31.8. The van der Waals surface area contributed by atoms with Crippen molar-refractivity contribution in [3.8, 4) is 0 Å². The van der Waals surface area contributed by atoms with E-state index < -0.39 is 16.1 Å². The highest BCUT2D eigenvalue weighted by atomic mass is 32.2. The number of benzene rings is 1. The van der Waals surface area contributed by atoms with Gasteiger partial charge in [0.15, 0.2) is 0 Å². The topological polar surface area (TPSA) is 66.8 Å². The molecule has 1 N–H and O–H groups in total. The third-order valence-electron chi connectivity index (χ3n) is 4.06. The van der Waals surface area contributed by atoms with E-state index in [2.05, 4.69) is 0 Å². The Morgan fingerprint density at radius 3 is 2.68 bits per heavy atom. The van der Waals surface area contributed by atoms with Crippen molar-refractivity contribution in [1.82, 2.24) is 4.31 Å². The minimum absolute atomic E-state index is 0.0544. The molecule has 3 unspecified atom stereocenters. The summed E-state index contributed by atoms with van der Waals surface area (Å²) in [6.07, 6.45) is 0.691. The highest BCUT2D eigenvalue weighted by Gasteiger charge is 2.39. The highest BCUT2D eigenvalue weighted by molar-refractivity contribution is 7.89. The number of rotatable bonds is 7. The first-order valence-corrected chi connectivity index (χ1v) is 9.28. The van der Waals surface area contributed by atoms with Gasteiger partial charge in [0.1, 0.15) is 0 Å². The molecule has 1 aromatic carbocycles. The Bertz CT molecular complexity index is 561. The van der Waals surface area contributed by atoms with Gasteiger partial charge in [0.2, 0.25) is 10.0 Å². The third kappa shape index (κ3) is 4.07. The fraction of sp³-hybridized carbons (Fsp3) is 0.625. The number of aliphatic hydroxyl groups is 1. The fourth-order valence-corrected chi connectivity index (χ4v) is 5.13. The van der Waals surface area contributed by atoms with Crippen molar-refractivity contribution in [2.45, 2.75) is 31.9 Å². The summed E-state index contributed by atoms with van der Waals surface area (Å²) in [5.74, 6) is -0.0103. The maximum Gasteiger partial charge on any atom is 0.214 e. The summed E-state index contributed by atoms with van der Waals surface area (Å²) >= 11 is 0. The number of methoxy groups -OCH3 is 1.